The Kier molecular flexibility index (Phi) is 13.5. The Morgan fingerprint density at radius 2 is 1.22 bits per heavy atom. The summed E-state index contributed by atoms with van der Waals surface area (Å²) in [7, 11) is 0. The molecule has 0 atom stereocenters. The third-order valence-electron chi connectivity index (χ3n) is 9.94. The lowest BCUT2D eigenvalue weighted by atomic mass is 10.0. The number of nitrogens with one attached hydrogen (secondary N) is 2. The summed E-state index contributed by atoms with van der Waals surface area (Å²) in [6.45, 7) is 9.05. The maximum absolute atomic E-state index is 13.6. The number of aryl methyl sites for hydroxylation is 4. The van der Waals surface area contributed by atoms with Gasteiger partial charge in [-0.15, -0.1) is 0 Å². The van der Waals surface area contributed by atoms with Crippen molar-refractivity contribution < 1.29 is 18.4 Å². The van der Waals surface area contributed by atoms with E-state index in [1.165, 1.54) is 12.3 Å². The van der Waals surface area contributed by atoms with Crippen LogP contribution in [0.2, 0.25) is 0 Å². The van der Waals surface area contributed by atoms with Gasteiger partial charge >= 0.3 is 0 Å². The molecule has 320 valence electrons. The molecule has 2 amide bonds. The predicted octanol–water partition coefficient (Wildman–Crippen LogP) is 8.20. The highest BCUT2D eigenvalue weighted by atomic mass is 19.3. The number of carbonyl (C=O) groups is 2. The van der Waals surface area contributed by atoms with E-state index in [0.717, 1.165) is 62.8 Å². The van der Waals surface area contributed by atoms with Crippen molar-refractivity contribution in [2.45, 2.75) is 53.6 Å². The molecule has 0 aliphatic rings. The number of carbonyl (C=O) groups excluding carboxylic acids is 2. The minimum absolute atomic E-state index is 0.244. The van der Waals surface area contributed by atoms with Crippen LogP contribution in [0.4, 0.5) is 8.78 Å². The molecule has 8 heterocycles. The molecule has 8 aromatic rings. The fourth-order valence-corrected chi connectivity index (χ4v) is 6.56. The molecule has 0 saturated carbocycles. The van der Waals surface area contributed by atoms with Gasteiger partial charge in [-0.25, -0.2) is 0 Å². The van der Waals surface area contributed by atoms with Gasteiger partial charge in [0, 0.05) is 103 Å². The van der Waals surface area contributed by atoms with Gasteiger partial charge in [0.1, 0.15) is 17.1 Å². The third-order valence-corrected chi connectivity index (χ3v) is 9.94. The van der Waals surface area contributed by atoms with Crippen molar-refractivity contribution in [3.05, 3.63) is 180 Å². The van der Waals surface area contributed by atoms with Crippen LogP contribution in [-0.2, 0) is 19.0 Å². The molecule has 14 nitrogen and oxygen atoms in total. The second-order valence-corrected chi connectivity index (χ2v) is 14.9. The zero-order valence-electron chi connectivity index (χ0n) is 35.6. The molecular weight excluding hydrogens is 815 g/mol. The monoisotopic (exact) mass is 856 g/mol. The number of hydrogen-bond acceptors (Lipinski definition) is 12. The van der Waals surface area contributed by atoms with E-state index < -0.39 is 5.92 Å². The highest BCUT2D eigenvalue weighted by Gasteiger charge is 2.26. The second kappa shape index (κ2) is 19.7. The molecule has 0 aliphatic carbocycles. The normalized spacial score (nSPS) is 11.0. The molecule has 64 heavy (non-hydrogen) atoms. The summed E-state index contributed by atoms with van der Waals surface area (Å²) in [6.07, 6.45) is 19.5. The zero-order valence-corrected chi connectivity index (χ0v) is 35.6. The topological polar surface area (TPSA) is 187 Å². The second-order valence-electron chi connectivity index (χ2n) is 14.9. The lowest BCUT2D eigenvalue weighted by molar-refractivity contribution is 0.0128. The zero-order chi connectivity index (χ0) is 45.2. The van der Waals surface area contributed by atoms with Crippen LogP contribution in [0, 0.1) is 27.7 Å². The van der Waals surface area contributed by atoms with Gasteiger partial charge in [0.05, 0.1) is 41.7 Å². The molecule has 0 bridgehead atoms. The number of aromatic nitrogens is 10. The van der Waals surface area contributed by atoms with Crippen LogP contribution in [0.3, 0.4) is 0 Å². The Morgan fingerprint density at radius 3 is 1.88 bits per heavy atom. The van der Waals surface area contributed by atoms with E-state index in [4.69, 9.17) is 0 Å². The standard InChI is InChI=1S/C25H22F2N6O.C23H20N6O/c1-15-9-20(31-13-19(15)21-14-28-6-7-29-21)24(34)33-12-17-8-16(2)23(32-11-17)18-4-5-30-22(10-18)25(3,26)27;1-15-9-19(17-5-6-25-16(2)10-17)12-28-21(15)14-29-23(30)20-4-3-18(11-27-20)22-13-24-7-8-26-22/h4-11,13-14H,12H2,1-3H3,(H,33,34);3-13H,14H2,1-2H3,(H,29,30). The van der Waals surface area contributed by atoms with Crippen LogP contribution >= 0.6 is 0 Å². The summed E-state index contributed by atoms with van der Waals surface area (Å²) in [4.78, 5) is 67.1. The molecular formula is C48H42F2N12O2. The molecule has 0 spiro atoms. The van der Waals surface area contributed by atoms with Crippen LogP contribution in [-0.4, -0.2) is 61.7 Å². The fraction of sp³-hybridized carbons (Fsp3) is 0.167. The molecule has 0 aliphatic heterocycles. The highest BCUT2D eigenvalue weighted by Crippen LogP contribution is 2.30. The third kappa shape index (κ3) is 11.0. The highest BCUT2D eigenvalue weighted by molar-refractivity contribution is 5.93. The van der Waals surface area contributed by atoms with Gasteiger partial charge in [-0.1, -0.05) is 6.07 Å². The van der Waals surface area contributed by atoms with Gasteiger partial charge in [-0.05, 0) is 104 Å². The first-order valence-electron chi connectivity index (χ1n) is 20.0. The molecule has 8 rings (SSSR count). The maximum Gasteiger partial charge on any atom is 0.286 e. The summed E-state index contributed by atoms with van der Waals surface area (Å²) in [5.74, 6) is -3.61. The fourth-order valence-electron chi connectivity index (χ4n) is 6.56. The summed E-state index contributed by atoms with van der Waals surface area (Å²) >= 11 is 0. The van der Waals surface area contributed by atoms with Crippen molar-refractivity contribution in [2.75, 3.05) is 0 Å². The lowest BCUT2D eigenvalue weighted by Gasteiger charge is -2.12. The first-order chi connectivity index (χ1) is 30.8. The predicted molar refractivity (Wildman–Crippen MR) is 236 cm³/mol. The minimum Gasteiger partial charge on any atom is -0.347 e. The van der Waals surface area contributed by atoms with Gasteiger partial charge in [-0.3, -0.25) is 59.4 Å². The average molecular weight is 857 g/mol. The maximum atomic E-state index is 13.6. The van der Waals surface area contributed by atoms with E-state index in [2.05, 4.69) is 66.5 Å². The molecule has 0 radical (unpaired) electrons. The van der Waals surface area contributed by atoms with Crippen molar-refractivity contribution in [3.8, 4) is 44.9 Å². The average Bonchev–Trinajstić information content (AvgIpc) is 3.31. The number of nitrogens with zero attached hydrogens (tertiary/aromatic N) is 10. The van der Waals surface area contributed by atoms with Crippen LogP contribution < -0.4 is 10.6 Å². The first kappa shape index (κ1) is 43.9. The number of halogens is 2. The van der Waals surface area contributed by atoms with Crippen LogP contribution in [0.15, 0.2) is 129 Å². The van der Waals surface area contributed by atoms with E-state index in [1.54, 1.807) is 86.2 Å². The Labute approximate surface area is 367 Å². The number of rotatable bonds is 11. The summed E-state index contributed by atoms with van der Waals surface area (Å²) in [5, 5.41) is 5.72. The smallest absolute Gasteiger partial charge is 0.286 e. The Balaban J connectivity index is 0.000000193. The molecule has 0 unspecified atom stereocenters. The molecule has 0 fully saturated rings. The lowest BCUT2D eigenvalue weighted by Crippen LogP contribution is -2.24. The van der Waals surface area contributed by atoms with Gasteiger partial charge in [0.25, 0.3) is 17.7 Å². The Hall–Kier alpha value is -8.14. The van der Waals surface area contributed by atoms with E-state index in [9.17, 15) is 18.4 Å². The van der Waals surface area contributed by atoms with Crippen molar-refractivity contribution >= 4 is 11.8 Å². The van der Waals surface area contributed by atoms with Gasteiger partial charge in [0.2, 0.25) is 0 Å². The number of amides is 2. The molecule has 8 aromatic heterocycles. The number of pyridine rings is 6. The molecule has 0 saturated heterocycles. The quantitative estimate of drug-likeness (QED) is 0.127. The van der Waals surface area contributed by atoms with Crippen LogP contribution in [0.5, 0.6) is 0 Å². The summed E-state index contributed by atoms with van der Waals surface area (Å²) < 4.78 is 27.3. The largest absolute Gasteiger partial charge is 0.347 e. The van der Waals surface area contributed by atoms with E-state index in [1.807, 2.05) is 52.1 Å². The molecule has 0 aromatic carbocycles. The number of hydrogen-bond donors (Lipinski definition) is 2. The minimum atomic E-state index is -3.03. The van der Waals surface area contributed by atoms with Crippen molar-refractivity contribution in [2.24, 2.45) is 0 Å². The Bertz CT molecular complexity index is 2910. The van der Waals surface area contributed by atoms with E-state index >= 15 is 0 Å². The first-order valence-corrected chi connectivity index (χ1v) is 20.0. The molecule has 16 heteroatoms. The van der Waals surface area contributed by atoms with Crippen LogP contribution in [0.25, 0.3) is 44.9 Å². The Morgan fingerprint density at radius 1 is 0.531 bits per heavy atom. The number of alkyl halides is 2. The van der Waals surface area contributed by atoms with Crippen LogP contribution in [0.1, 0.15) is 67.2 Å². The molecule has 2 N–H and O–H groups in total. The SMILES string of the molecule is Cc1cc(-c2cnc(CNC(=O)c3ccc(-c4cnccn4)cn3)c(C)c2)ccn1.Cc1cc(C(=O)NCc2cnc(-c3ccnc(C(C)(F)F)c3)c(C)c2)ncc1-c1cnccn1. The summed E-state index contributed by atoms with van der Waals surface area (Å²) in [6, 6.07) is 16.1. The van der Waals surface area contributed by atoms with Crippen molar-refractivity contribution in [1.82, 2.24) is 60.5 Å². The van der Waals surface area contributed by atoms with Gasteiger partial charge in [0.15, 0.2) is 0 Å². The van der Waals surface area contributed by atoms with Gasteiger partial charge in [-0.2, -0.15) is 8.78 Å². The van der Waals surface area contributed by atoms with E-state index in [0.29, 0.717) is 34.9 Å². The van der Waals surface area contributed by atoms with Gasteiger partial charge < -0.3 is 10.6 Å². The van der Waals surface area contributed by atoms with Crippen molar-refractivity contribution in [1.29, 1.82) is 0 Å². The summed E-state index contributed by atoms with van der Waals surface area (Å²) in [5.41, 5.74) is 11.8. The van der Waals surface area contributed by atoms with Crippen molar-refractivity contribution in [3.63, 3.8) is 0 Å². The van der Waals surface area contributed by atoms with E-state index in [-0.39, 0.29) is 29.7 Å².